The summed E-state index contributed by atoms with van der Waals surface area (Å²) in [5.41, 5.74) is 0.714. The summed E-state index contributed by atoms with van der Waals surface area (Å²) in [4.78, 5) is 49.9. The Morgan fingerprint density at radius 1 is 1.23 bits per heavy atom. The zero-order valence-electron chi connectivity index (χ0n) is 18.6. The van der Waals surface area contributed by atoms with Crippen LogP contribution in [-0.2, 0) is 19.1 Å². The number of esters is 1. The summed E-state index contributed by atoms with van der Waals surface area (Å²) in [7, 11) is 1.41. The average molecular weight is 567 g/mol. The van der Waals surface area contributed by atoms with Crippen LogP contribution >= 0.6 is 27.7 Å². The Morgan fingerprint density at radius 2 is 2.00 bits per heavy atom. The number of halogens is 2. The summed E-state index contributed by atoms with van der Waals surface area (Å²) in [6.07, 6.45) is 1.47. The average Bonchev–Trinajstić information content (AvgIpc) is 3.05. The van der Waals surface area contributed by atoms with E-state index < -0.39 is 35.4 Å². The molecule has 3 rings (SSSR count). The van der Waals surface area contributed by atoms with Gasteiger partial charge in [-0.3, -0.25) is 19.3 Å². The second-order valence-electron chi connectivity index (χ2n) is 6.95. The van der Waals surface area contributed by atoms with Gasteiger partial charge >= 0.3 is 5.97 Å². The number of hydrogen-bond donors (Lipinski definition) is 1. The highest BCUT2D eigenvalue weighted by molar-refractivity contribution is 9.10. The molecule has 0 saturated carbocycles. The Bertz CT molecular complexity index is 1200. The topological polar surface area (TPSA) is 111 Å². The maximum absolute atomic E-state index is 13.3. The molecule has 1 N–H and O–H groups in total. The fourth-order valence-corrected chi connectivity index (χ4v) is 4.41. The van der Waals surface area contributed by atoms with Crippen molar-refractivity contribution in [2.24, 2.45) is 0 Å². The van der Waals surface area contributed by atoms with E-state index in [-0.39, 0.29) is 35.3 Å². The van der Waals surface area contributed by atoms with Gasteiger partial charge in [-0.05, 0) is 76.6 Å². The van der Waals surface area contributed by atoms with Gasteiger partial charge in [0, 0.05) is 5.69 Å². The number of carbonyl (C=O) groups excluding carboxylic acids is 4. The fourth-order valence-electron chi connectivity index (χ4n) is 2.99. The SMILES string of the molecule is CCOC(=O)COc1c(Br)cc(/C=C2/SC(=O)N(CC(=O)Nc3cccc(F)c3)C2=O)cc1OC. The minimum Gasteiger partial charge on any atom is -0.493 e. The summed E-state index contributed by atoms with van der Waals surface area (Å²) in [6, 6.07) is 8.44. The first-order chi connectivity index (χ1) is 16.7. The van der Waals surface area contributed by atoms with E-state index in [1.54, 1.807) is 19.1 Å². The van der Waals surface area contributed by atoms with Crippen molar-refractivity contribution in [3.63, 3.8) is 0 Å². The molecule has 0 unspecified atom stereocenters. The molecule has 184 valence electrons. The molecule has 0 spiro atoms. The number of carbonyl (C=O) groups is 4. The number of anilines is 1. The van der Waals surface area contributed by atoms with Gasteiger partial charge in [-0.25, -0.2) is 9.18 Å². The standard InChI is InChI=1S/C23H20BrFN2O7S/c1-3-33-20(29)12-34-21-16(24)7-13(8-17(21)32-2)9-18-22(30)27(23(31)35-18)11-19(28)26-15-6-4-5-14(25)10-15/h4-10H,3,11-12H2,1-2H3,(H,26,28)/b18-9+. The van der Waals surface area contributed by atoms with Crippen LogP contribution in [0.5, 0.6) is 11.5 Å². The highest BCUT2D eigenvalue weighted by Gasteiger charge is 2.36. The highest BCUT2D eigenvalue weighted by atomic mass is 79.9. The number of rotatable bonds is 9. The lowest BCUT2D eigenvalue weighted by Crippen LogP contribution is -2.36. The molecule has 2 aromatic rings. The van der Waals surface area contributed by atoms with Gasteiger partial charge in [-0.2, -0.15) is 0 Å². The van der Waals surface area contributed by atoms with Gasteiger partial charge in [0.2, 0.25) is 5.91 Å². The Balaban J connectivity index is 1.73. The molecule has 0 aliphatic carbocycles. The van der Waals surface area contributed by atoms with E-state index in [2.05, 4.69) is 21.2 Å². The van der Waals surface area contributed by atoms with Crippen LogP contribution in [0.4, 0.5) is 14.9 Å². The van der Waals surface area contributed by atoms with E-state index in [4.69, 9.17) is 14.2 Å². The summed E-state index contributed by atoms with van der Waals surface area (Å²) >= 11 is 4.03. The first-order valence-electron chi connectivity index (χ1n) is 10.2. The molecule has 9 nitrogen and oxygen atoms in total. The van der Waals surface area contributed by atoms with Crippen molar-refractivity contribution in [2.45, 2.75) is 6.92 Å². The van der Waals surface area contributed by atoms with Gasteiger partial charge in [0.1, 0.15) is 12.4 Å². The summed E-state index contributed by atoms with van der Waals surface area (Å²) in [5.74, 6) is -1.82. The van der Waals surface area contributed by atoms with Crippen LogP contribution in [-0.4, -0.2) is 54.8 Å². The quantitative estimate of drug-likeness (QED) is 0.355. The number of amides is 3. The predicted molar refractivity (Wildman–Crippen MR) is 131 cm³/mol. The number of benzene rings is 2. The number of hydrogen-bond acceptors (Lipinski definition) is 8. The molecule has 1 aliphatic rings. The lowest BCUT2D eigenvalue weighted by atomic mass is 10.2. The molecule has 35 heavy (non-hydrogen) atoms. The van der Waals surface area contributed by atoms with E-state index in [1.165, 1.54) is 31.4 Å². The maximum atomic E-state index is 13.3. The van der Waals surface area contributed by atoms with E-state index in [0.29, 0.717) is 21.8 Å². The Labute approximate surface area is 212 Å². The second-order valence-corrected chi connectivity index (χ2v) is 8.80. The molecular formula is C23H20BrFN2O7S. The van der Waals surface area contributed by atoms with Gasteiger partial charge in [-0.1, -0.05) is 6.07 Å². The number of methoxy groups -OCH3 is 1. The summed E-state index contributed by atoms with van der Waals surface area (Å²) in [6.45, 7) is 1.06. The lowest BCUT2D eigenvalue weighted by Gasteiger charge is -2.13. The number of imide groups is 1. The van der Waals surface area contributed by atoms with Crippen LogP contribution in [0.1, 0.15) is 12.5 Å². The fraction of sp³-hybridized carbons (Fsp3) is 0.217. The van der Waals surface area contributed by atoms with Crippen LogP contribution in [0, 0.1) is 5.82 Å². The van der Waals surface area contributed by atoms with E-state index in [9.17, 15) is 23.6 Å². The maximum Gasteiger partial charge on any atom is 0.344 e. The Morgan fingerprint density at radius 3 is 2.69 bits per heavy atom. The zero-order valence-corrected chi connectivity index (χ0v) is 21.0. The molecule has 2 aromatic carbocycles. The third-order valence-electron chi connectivity index (χ3n) is 4.47. The molecule has 1 fully saturated rings. The minimum absolute atomic E-state index is 0.0997. The molecule has 12 heteroatoms. The molecule has 3 amide bonds. The number of ether oxygens (including phenoxy) is 3. The highest BCUT2D eigenvalue weighted by Crippen LogP contribution is 2.39. The first kappa shape index (κ1) is 26.2. The smallest absolute Gasteiger partial charge is 0.344 e. The zero-order chi connectivity index (χ0) is 25.5. The molecule has 0 radical (unpaired) electrons. The van der Waals surface area contributed by atoms with E-state index in [0.717, 1.165) is 11.0 Å². The molecule has 1 aliphatic heterocycles. The summed E-state index contributed by atoms with van der Waals surface area (Å²) < 4.78 is 29.4. The molecule has 1 saturated heterocycles. The van der Waals surface area contributed by atoms with Crippen molar-refractivity contribution in [1.82, 2.24) is 4.90 Å². The van der Waals surface area contributed by atoms with Crippen LogP contribution in [0.15, 0.2) is 45.8 Å². The van der Waals surface area contributed by atoms with Crippen LogP contribution in [0.3, 0.4) is 0 Å². The predicted octanol–water partition coefficient (Wildman–Crippen LogP) is 4.21. The number of nitrogens with zero attached hydrogens (tertiary/aromatic N) is 1. The molecule has 0 aromatic heterocycles. The van der Waals surface area contributed by atoms with Crippen molar-refractivity contribution in [3.8, 4) is 11.5 Å². The van der Waals surface area contributed by atoms with Crippen molar-refractivity contribution in [2.75, 3.05) is 32.2 Å². The second kappa shape index (κ2) is 11.8. The van der Waals surface area contributed by atoms with Gasteiger partial charge in [0.15, 0.2) is 18.1 Å². The third-order valence-corrected chi connectivity index (χ3v) is 5.97. The Hall–Kier alpha value is -3.38. The first-order valence-corrected chi connectivity index (χ1v) is 11.8. The lowest BCUT2D eigenvalue weighted by molar-refractivity contribution is -0.145. The summed E-state index contributed by atoms with van der Waals surface area (Å²) in [5, 5.41) is 1.83. The largest absolute Gasteiger partial charge is 0.493 e. The normalized spacial score (nSPS) is 14.3. The van der Waals surface area contributed by atoms with E-state index in [1.807, 2.05) is 0 Å². The van der Waals surface area contributed by atoms with Crippen LogP contribution in [0.2, 0.25) is 0 Å². The molecular weight excluding hydrogens is 547 g/mol. The molecule has 1 heterocycles. The Kier molecular flexibility index (Phi) is 8.88. The molecule has 0 atom stereocenters. The van der Waals surface area contributed by atoms with Crippen molar-refractivity contribution >= 4 is 62.5 Å². The number of nitrogens with one attached hydrogen (secondary N) is 1. The van der Waals surface area contributed by atoms with Crippen molar-refractivity contribution in [3.05, 3.63) is 57.2 Å². The number of thioether (sulfide) groups is 1. The van der Waals surface area contributed by atoms with Crippen LogP contribution in [0.25, 0.3) is 6.08 Å². The van der Waals surface area contributed by atoms with Crippen LogP contribution < -0.4 is 14.8 Å². The van der Waals surface area contributed by atoms with Crippen molar-refractivity contribution in [1.29, 1.82) is 0 Å². The van der Waals surface area contributed by atoms with Gasteiger partial charge in [0.25, 0.3) is 11.1 Å². The monoisotopic (exact) mass is 566 g/mol. The minimum atomic E-state index is -0.647. The van der Waals surface area contributed by atoms with Gasteiger partial charge in [0.05, 0.1) is 23.1 Å². The van der Waals surface area contributed by atoms with Gasteiger partial charge in [-0.15, -0.1) is 0 Å². The van der Waals surface area contributed by atoms with Gasteiger partial charge < -0.3 is 19.5 Å². The molecule has 0 bridgehead atoms. The van der Waals surface area contributed by atoms with Crippen molar-refractivity contribution < 1.29 is 37.8 Å². The third kappa shape index (κ3) is 6.83. The van der Waals surface area contributed by atoms with E-state index >= 15 is 0 Å².